The van der Waals surface area contributed by atoms with Gasteiger partial charge in [0.05, 0.1) is 12.8 Å². The first kappa shape index (κ1) is 12.8. The van der Waals surface area contributed by atoms with Crippen molar-refractivity contribution >= 4 is 17.4 Å². The zero-order chi connectivity index (χ0) is 13.1. The van der Waals surface area contributed by atoms with Crippen molar-refractivity contribution in [1.82, 2.24) is 4.98 Å². The van der Waals surface area contributed by atoms with Gasteiger partial charge in [0.1, 0.15) is 5.03 Å². The predicted octanol–water partition coefficient (Wildman–Crippen LogP) is 3.44. The van der Waals surface area contributed by atoms with E-state index in [2.05, 4.69) is 37.0 Å². The maximum Gasteiger partial charge on any atom is 0.237 e. The number of nitrogens with two attached hydrogens (primary N) is 1. The summed E-state index contributed by atoms with van der Waals surface area (Å²) in [7, 11) is 1.57. The fourth-order valence-electron chi connectivity index (χ4n) is 1.58. The van der Waals surface area contributed by atoms with Crippen molar-refractivity contribution in [2.75, 3.05) is 12.8 Å². The minimum atomic E-state index is 0.477. The van der Waals surface area contributed by atoms with E-state index in [1.165, 1.54) is 16.0 Å². The quantitative estimate of drug-likeness (QED) is 0.918. The zero-order valence-electron chi connectivity index (χ0n) is 10.7. The average molecular weight is 260 g/mol. The predicted molar refractivity (Wildman–Crippen MR) is 75.2 cm³/mol. The minimum absolute atomic E-state index is 0.477. The van der Waals surface area contributed by atoms with Crippen molar-refractivity contribution in [3.05, 3.63) is 41.5 Å². The fraction of sp³-hybridized carbons (Fsp3) is 0.214. The van der Waals surface area contributed by atoms with Gasteiger partial charge >= 0.3 is 0 Å². The first-order valence-corrected chi connectivity index (χ1v) is 6.47. The van der Waals surface area contributed by atoms with E-state index in [-0.39, 0.29) is 0 Å². The molecular formula is C14H16N2OS. The van der Waals surface area contributed by atoms with Gasteiger partial charge in [0.25, 0.3) is 0 Å². The van der Waals surface area contributed by atoms with E-state index in [1.807, 2.05) is 12.1 Å². The molecule has 0 unspecified atom stereocenters. The van der Waals surface area contributed by atoms with E-state index in [4.69, 9.17) is 10.5 Å². The molecule has 0 spiro atoms. The maximum atomic E-state index is 5.75. The molecule has 0 aliphatic carbocycles. The van der Waals surface area contributed by atoms with Gasteiger partial charge in [-0.2, -0.15) is 0 Å². The van der Waals surface area contributed by atoms with Crippen molar-refractivity contribution in [3.8, 4) is 5.88 Å². The van der Waals surface area contributed by atoms with E-state index >= 15 is 0 Å². The Hall–Kier alpha value is -1.68. The Morgan fingerprint density at radius 3 is 2.67 bits per heavy atom. The summed E-state index contributed by atoms with van der Waals surface area (Å²) < 4.78 is 5.13. The number of anilines is 1. The molecule has 0 aliphatic heterocycles. The molecule has 18 heavy (non-hydrogen) atoms. The molecule has 0 aliphatic rings. The van der Waals surface area contributed by atoms with Crippen molar-refractivity contribution < 1.29 is 4.74 Å². The van der Waals surface area contributed by atoms with E-state index in [0.717, 1.165) is 5.03 Å². The van der Waals surface area contributed by atoms with Crippen LogP contribution in [0.15, 0.2) is 40.3 Å². The van der Waals surface area contributed by atoms with Gasteiger partial charge in [-0.05, 0) is 43.2 Å². The minimum Gasteiger partial charge on any atom is -0.480 e. The van der Waals surface area contributed by atoms with Gasteiger partial charge in [-0.15, -0.1) is 0 Å². The second-order valence-electron chi connectivity index (χ2n) is 4.12. The van der Waals surface area contributed by atoms with Crippen molar-refractivity contribution in [1.29, 1.82) is 0 Å². The van der Waals surface area contributed by atoms with Crippen LogP contribution < -0.4 is 10.5 Å². The summed E-state index contributed by atoms with van der Waals surface area (Å²) in [6, 6.07) is 10.1. The second-order valence-corrected chi connectivity index (χ2v) is 5.18. The highest BCUT2D eigenvalue weighted by atomic mass is 32.2. The molecule has 0 atom stereocenters. The topological polar surface area (TPSA) is 48.1 Å². The number of hydrogen-bond donors (Lipinski definition) is 1. The summed E-state index contributed by atoms with van der Waals surface area (Å²) in [4.78, 5) is 5.58. The lowest BCUT2D eigenvalue weighted by atomic mass is 10.2. The van der Waals surface area contributed by atoms with E-state index in [0.29, 0.717) is 11.6 Å². The Labute approximate surface area is 111 Å². The van der Waals surface area contributed by atoms with Crippen LogP contribution in [0.4, 0.5) is 5.69 Å². The third kappa shape index (κ3) is 2.76. The molecule has 0 amide bonds. The largest absolute Gasteiger partial charge is 0.480 e. The maximum absolute atomic E-state index is 5.75. The lowest BCUT2D eigenvalue weighted by molar-refractivity contribution is 0.397. The van der Waals surface area contributed by atoms with Crippen molar-refractivity contribution in [2.45, 2.75) is 23.8 Å². The summed E-state index contributed by atoms with van der Waals surface area (Å²) in [5.74, 6) is 0.477. The fourth-order valence-corrected chi connectivity index (χ4v) is 2.55. The summed E-state index contributed by atoms with van der Waals surface area (Å²) in [6.45, 7) is 4.18. The highest BCUT2D eigenvalue weighted by Crippen LogP contribution is 2.32. The number of ether oxygens (including phenoxy) is 1. The van der Waals surface area contributed by atoms with E-state index in [9.17, 15) is 0 Å². The first-order valence-electron chi connectivity index (χ1n) is 5.66. The van der Waals surface area contributed by atoms with Crippen LogP contribution in [0.1, 0.15) is 11.1 Å². The van der Waals surface area contributed by atoms with Crippen molar-refractivity contribution in [3.63, 3.8) is 0 Å². The third-order valence-electron chi connectivity index (χ3n) is 2.62. The lowest BCUT2D eigenvalue weighted by Gasteiger charge is -2.08. The van der Waals surface area contributed by atoms with Gasteiger partial charge in [0.2, 0.25) is 5.88 Å². The molecule has 2 N–H and O–H groups in total. The molecule has 94 valence electrons. The number of rotatable bonds is 3. The summed E-state index contributed by atoms with van der Waals surface area (Å²) >= 11 is 1.62. The van der Waals surface area contributed by atoms with Crippen molar-refractivity contribution in [2.24, 2.45) is 0 Å². The summed E-state index contributed by atoms with van der Waals surface area (Å²) in [5.41, 5.74) is 8.79. The Morgan fingerprint density at radius 2 is 1.94 bits per heavy atom. The molecule has 0 fully saturated rings. The van der Waals surface area contributed by atoms with Crippen LogP contribution in [0.2, 0.25) is 0 Å². The molecule has 0 saturated carbocycles. The zero-order valence-corrected chi connectivity index (χ0v) is 11.5. The molecule has 2 aromatic rings. The molecule has 0 radical (unpaired) electrons. The number of pyridine rings is 1. The van der Waals surface area contributed by atoms with Crippen LogP contribution in [-0.2, 0) is 0 Å². The summed E-state index contributed by atoms with van der Waals surface area (Å²) in [6.07, 6.45) is 0. The molecule has 1 heterocycles. The van der Waals surface area contributed by atoms with Gasteiger partial charge in [-0.25, -0.2) is 4.98 Å². The van der Waals surface area contributed by atoms with E-state index < -0.39 is 0 Å². The van der Waals surface area contributed by atoms with Crippen LogP contribution in [0.5, 0.6) is 5.88 Å². The number of aromatic nitrogens is 1. The highest BCUT2D eigenvalue weighted by molar-refractivity contribution is 7.99. The monoisotopic (exact) mass is 260 g/mol. The third-order valence-corrected chi connectivity index (χ3v) is 3.71. The summed E-state index contributed by atoms with van der Waals surface area (Å²) in [5, 5.41) is 0.884. The van der Waals surface area contributed by atoms with Crippen LogP contribution in [0.3, 0.4) is 0 Å². The van der Waals surface area contributed by atoms with Gasteiger partial charge in [0.15, 0.2) is 0 Å². The van der Waals surface area contributed by atoms with Gasteiger partial charge in [-0.3, -0.25) is 0 Å². The molecule has 3 nitrogen and oxygen atoms in total. The van der Waals surface area contributed by atoms with Gasteiger partial charge < -0.3 is 10.5 Å². The number of nitrogens with zero attached hydrogens (tertiary/aromatic N) is 1. The molecule has 2 rings (SSSR count). The van der Waals surface area contributed by atoms with E-state index in [1.54, 1.807) is 18.9 Å². The highest BCUT2D eigenvalue weighted by Gasteiger charge is 2.06. The number of methoxy groups -OCH3 is 1. The Kier molecular flexibility index (Phi) is 3.77. The van der Waals surface area contributed by atoms with Crippen LogP contribution in [0.25, 0.3) is 0 Å². The number of nitrogen functional groups attached to an aromatic ring is 1. The smallest absolute Gasteiger partial charge is 0.237 e. The first-order chi connectivity index (χ1) is 8.60. The van der Waals surface area contributed by atoms with Gasteiger partial charge in [-0.1, -0.05) is 23.9 Å². The standard InChI is InChI=1S/C14H16N2OS/c1-9-4-5-10(2)12(8-9)18-13-7-6-11(15)14(16-13)17-3/h4-8H,15H2,1-3H3. The molecular weight excluding hydrogens is 244 g/mol. The Morgan fingerprint density at radius 1 is 1.17 bits per heavy atom. The molecule has 4 heteroatoms. The lowest BCUT2D eigenvalue weighted by Crippen LogP contribution is -1.96. The number of benzene rings is 1. The van der Waals surface area contributed by atoms with Crippen LogP contribution in [-0.4, -0.2) is 12.1 Å². The van der Waals surface area contributed by atoms with Crippen LogP contribution in [0, 0.1) is 13.8 Å². The number of hydrogen-bond acceptors (Lipinski definition) is 4. The number of aryl methyl sites for hydroxylation is 2. The SMILES string of the molecule is COc1nc(Sc2cc(C)ccc2C)ccc1N. The normalized spacial score (nSPS) is 10.4. The Balaban J connectivity index is 2.31. The molecule has 1 aromatic carbocycles. The molecule has 0 bridgehead atoms. The second kappa shape index (κ2) is 5.31. The molecule has 0 saturated heterocycles. The Bertz CT molecular complexity index is 570. The van der Waals surface area contributed by atoms with Gasteiger partial charge in [0, 0.05) is 4.90 Å². The molecule has 1 aromatic heterocycles. The van der Waals surface area contributed by atoms with Crippen LogP contribution >= 0.6 is 11.8 Å². The average Bonchev–Trinajstić information content (AvgIpc) is 2.36.